The van der Waals surface area contributed by atoms with Gasteiger partial charge in [0.1, 0.15) is 6.04 Å². The number of nitrogens with one attached hydrogen (secondary N) is 1. The van der Waals surface area contributed by atoms with Gasteiger partial charge in [-0.1, -0.05) is 60.7 Å². The Morgan fingerprint density at radius 3 is 2.13 bits per heavy atom. The molecule has 1 atom stereocenters. The average molecular weight is 336 g/mol. The van der Waals surface area contributed by atoms with Crippen LogP contribution in [0.25, 0.3) is 0 Å². The van der Waals surface area contributed by atoms with E-state index in [2.05, 4.69) is 5.32 Å². The highest BCUT2D eigenvalue weighted by Crippen LogP contribution is 2.03. The van der Waals surface area contributed by atoms with E-state index in [-0.39, 0.29) is 25.0 Å². The van der Waals surface area contributed by atoms with E-state index in [4.69, 9.17) is 9.47 Å². The molecule has 0 saturated heterocycles. The van der Waals surface area contributed by atoms with Gasteiger partial charge in [-0.25, -0.2) is 0 Å². The predicted molar refractivity (Wildman–Crippen MR) is 92.4 cm³/mol. The molecule has 2 aromatic carbocycles. The fraction of sp³-hybridized carbons (Fsp3) is 0.278. The highest BCUT2D eigenvalue weighted by atomic mass is 35.5. The van der Waals surface area contributed by atoms with Crippen LogP contribution in [-0.2, 0) is 27.4 Å². The van der Waals surface area contributed by atoms with E-state index in [0.29, 0.717) is 13.2 Å². The summed E-state index contributed by atoms with van der Waals surface area (Å²) in [7, 11) is 1.39. The molecule has 0 bridgehead atoms. The van der Waals surface area contributed by atoms with Gasteiger partial charge in [-0.15, -0.1) is 12.4 Å². The quantitative estimate of drug-likeness (QED) is 0.753. The summed E-state index contributed by atoms with van der Waals surface area (Å²) in [6, 6.07) is 19.3. The summed E-state index contributed by atoms with van der Waals surface area (Å²) >= 11 is 0. The Labute approximate surface area is 143 Å². The number of hydrogen-bond acceptors (Lipinski definition) is 4. The van der Waals surface area contributed by atoms with Crippen molar-refractivity contribution in [1.82, 2.24) is 5.32 Å². The molecule has 1 N–H and O–H groups in total. The number of halogens is 1. The molecular weight excluding hydrogens is 314 g/mol. The van der Waals surface area contributed by atoms with E-state index in [9.17, 15) is 4.79 Å². The van der Waals surface area contributed by atoms with Crippen LogP contribution in [0.15, 0.2) is 60.7 Å². The van der Waals surface area contributed by atoms with Crippen molar-refractivity contribution in [3.8, 4) is 0 Å². The average Bonchev–Trinajstić information content (AvgIpc) is 2.59. The summed E-state index contributed by atoms with van der Waals surface area (Å²) in [5.41, 5.74) is 2.19. The van der Waals surface area contributed by atoms with E-state index in [0.717, 1.165) is 11.1 Å². The number of methoxy groups -OCH3 is 1. The van der Waals surface area contributed by atoms with Gasteiger partial charge in [0, 0.05) is 6.54 Å². The van der Waals surface area contributed by atoms with Gasteiger partial charge in [-0.05, 0) is 11.1 Å². The Morgan fingerprint density at radius 2 is 1.57 bits per heavy atom. The van der Waals surface area contributed by atoms with Crippen LogP contribution in [0, 0.1) is 0 Å². The number of esters is 1. The Morgan fingerprint density at radius 1 is 1.00 bits per heavy atom. The third-order valence-corrected chi connectivity index (χ3v) is 3.28. The summed E-state index contributed by atoms with van der Waals surface area (Å²) in [4.78, 5) is 11.8. The van der Waals surface area contributed by atoms with Crippen molar-refractivity contribution < 1.29 is 14.3 Å². The first kappa shape index (κ1) is 19.2. The lowest BCUT2D eigenvalue weighted by molar-refractivity contribution is -0.145. The molecule has 23 heavy (non-hydrogen) atoms. The highest BCUT2D eigenvalue weighted by Gasteiger charge is 2.18. The Kier molecular flexibility index (Phi) is 8.98. The van der Waals surface area contributed by atoms with Gasteiger partial charge in [-0.3, -0.25) is 10.1 Å². The molecule has 124 valence electrons. The normalized spacial score (nSPS) is 11.3. The fourth-order valence-electron chi connectivity index (χ4n) is 2.06. The molecule has 0 spiro atoms. The van der Waals surface area contributed by atoms with E-state index >= 15 is 0 Å². The molecule has 0 aliphatic carbocycles. The first-order valence-electron chi connectivity index (χ1n) is 7.26. The Balaban J connectivity index is 0.00000264. The van der Waals surface area contributed by atoms with E-state index in [1.54, 1.807) is 0 Å². The largest absolute Gasteiger partial charge is 0.468 e. The van der Waals surface area contributed by atoms with Crippen molar-refractivity contribution >= 4 is 18.4 Å². The predicted octanol–water partition coefficient (Wildman–Crippen LogP) is 2.96. The fourth-order valence-corrected chi connectivity index (χ4v) is 2.06. The molecule has 0 unspecified atom stereocenters. The number of hydrogen-bond donors (Lipinski definition) is 1. The number of rotatable bonds is 8. The van der Waals surface area contributed by atoms with Gasteiger partial charge in [0.2, 0.25) is 0 Å². The molecule has 0 radical (unpaired) electrons. The molecule has 4 nitrogen and oxygen atoms in total. The second-order valence-corrected chi connectivity index (χ2v) is 4.94. The minimum atomic E-state index is -0.478. The highest BCUT2D eigenvalue weighted by molar-refractivity contribution is 5.85. The number of ether oxygens (including phenoxy) is 2. The van der Waals surface area contributed by atoms with Crippen molar-refractivity contribution in [3.05, 3.63) is 71.8 Å². The number of benzene rings is 2. The molecular formula is C18H22ClNO3. The van der Waals surface area contributed by atoms with Gasteiger partial charge in [0.05, 0.1) is 20.3 Å². The summed E-state index contributed by atoms with van der Waals surface area (Å²) in [6.45, 7) is 1.34. The summed E-state index contributed by atoms with van der Waals surface area (Å²) in [5, 5.41) is 3.17. The van der Waals surface area contributed by atoms with Crippen LogP contribution in [0.4, 0.5) is 0 Å². The van der Waals surface area contributed by atoms with Crippen molar-refractivity contribution in [3.63, 3.8) is 0 Å². The summed E-state index contributed by atoms with van der Waals surface area (Å²) < 4.78 is 10.5. The zero-order valence-electron chi connectivity index (χ0n) is 13.1. The maximum absolute atomic E-state index is 11.8. The number of carbonyl (C=O) groups excluding carboxylic acids is 1. The second-order valence-electron chi connectivity index (χ2n) is 4.94. The molecule has 0 aromatic heterocycles. The van der Waals surface area contributed by atoms with Gasteiger partial charge >= 0.3 is 5.97 Å². The summed E-state index contributed by atoms with van der Waals surface area (Å²) in [6.07, 6.45) is 0. The molecule has 2 rings (SSSR count). The third-order valence-electron chi connectivity index (χ3n) is 3.28. The summed E-state index contributed by atoms with van der Waals surface area (Å²) in [5.74, 6) is -0.316. The van der Waals surface area contributed by atoms with Crippen LogP contribution in [-0.4, -0.2) is 25.7 Å². The van der Waals surface area contributed by atoms with Crippen molar-refractivity contribution in [1.29, 1.82) is 0 Å². The van der Waals surface area contributed by atoms with Crippen molar-refractivity contribution in [2.75, 3.05) is 13.7 Å². The van der Waals surface area contributed by atoms with E-state index < -0.39 is 6.04 Å². The molecule has 0 aliphatic heterocycles. The second kappa shape index (κ2) is 10.8. The minimum absolute atomic E-state index is 0. The smallest absolute Gasteiger partial charge is 0.325 e. The lowest BCUT2D eigenvalue weighted by Crippen LogP contribution is -2.41. The van der Waals surface area contributed by atoms with Crippen LogP contribution in [0.5, 0.6) is 0 Å². The third kappa shape index (κ3) is 6.82. The molecule has 0 aliphatic rings. The Bertz CT molecular complexity index is 563. The van der Waals surface area contributed by atoms with E-state index in [1.165, 1.54) is 7.11 Å². The van der Waals surface area contributed by atoms with E-state index in [1.807, 2.05) is 60.7 Å². The van der Waals surface area contributed by atoms with Gasteiger partial charge in [-0.2, -0.15) is 0 Å². The lowest BCUT2D eigenvalue weighted by Gasteiger charge is -2.16. The molecule has 0 amide bonds. The van der Waals surface area contributed by atoms with Gasteiger partial charge in [0.15, 0.2) is 0 Å². The van der Waals surface area contributed by atoms with Crippen LogP contribution >= 0.6 is 12.4 Å². The van der Waals surface area contributed by atoms with Crippen LogP contribution in [0.2, 0.25) is 0 Å². The lowest BCUT2D eigenvalue weighted by atomic mass is 10.2. The molecule has 0 heterocycles. The molecule has 0 fully saturated rings. The van der Waals surface area contributed by atoms with Gasteiger partial charge < -0.3 is 9.47 Å². The zero-order valence-corrected chi connectivity index (χ0v) is 13.9. The maximum Gasteiger partial charge on any atom is 0.325 e. The molecule has 2 aromatic rings. The van der Waals surface area contributed by atoms with Gasteiger partial charge in [0.25, 0.3) is 0 Å². The van der Waals surface area contributed by atoms with Crippen LogP contribution < -0.4 is 5.32 Å². The maximum atomic E-state index is 11.8. The topological polar surface area (TPSA) is 47.6 Å². The zero-order chi connectivity index (χ0) is 15.6. The monoisotopic (exact) mass is 335 g/mol. The Hall–Kier alpha value is -1.88. The first-order chi connectivity index (χ1) is 10.8. The minimum Gasteiger partial charge on any atom is -0.468 e. The SMILES string of the molecule is COC(=O)[C@@H](COCc1ccccc1)NCc1ccccc1.Cl. The van der Waals surface area contributed by atoms with Crippen molar-refractivity contribution in [2.24, 2.45) is 0 Å². The molecule has 5 heteroatoms. The number of carbonyl (C=O) groups is 1. The van der Waals surface area contributed by atoms with Crippen LogP contribution in [0.3, 0.4) is 0 Å². The molecule has 0 saturated carbocycles. The first-order valence-corrected chi connectivity index (χ1v) is 7.26. The standard InChI is InChI=1S/C18H21NO3.ClH/c1-21-18(20)17(19-12-15-8-4-2-5-9-15)14-22-13-16-10-6-3-7-11-16;/h2-11,17,19H,12-14H2,1H3;1H/t17-;/m1./s1. The van der Waals surface area contributed by atoms with Crippen LogP contribution in [0.1, 0.15) is 11.1 Å². The van der Waals surface area contributed by atoms with Crippen molar-refractivity contribution in [2.45, 2.75) is 19.2 Å².